The highest BCUT2D eigenvalue weighted by Crippen LogP contribution is 2.22. The van der Waals surface area contributed by atoms with Crippen LogP contribution in [0.25, 0.3) is 0 Å². The molecule has 0 bridgehead atoms. The minimum absolute atomic E-state index is 0.102. The van der Waals surface area contributed by atoms with E-state index in [0.29, 0.717) is 6.42 Å². The van der Waals surface area contributed by atoms with E-state index in [-0.39, 0.29) is 56.0 Å². The van der Waals surface area contributed by atoms with Crippen molar-refractivity contribution in [2.24, 2.45) is 17.6 Å². The molecule has 52 heavy (non-hydrogen) atoms. The monoisotopic (exact) mass is 729 g/mol. The summed E-state index contributed by atoms with van der Waals surface area (Å²) in [5.74, 6) is -0.734. The Labute approximate surface area is 319 Å². The van der Waals surface area contributed by atoms with Gasteiger partial charge in [0.1, 0.15) is 13.2 Å². The summed E-state index contributed by atoms with van der Waals surface area (Å²) in [7, 11) is 0. The first kappa shape index (κ1) is 47.6. The molecule has 0 spiro atoms. The van der Waals surface area contributed by atoms with Gasteiger partial charge in [-0.25, -0.2) is 0 Å². The van der Waals surface area contributed by atoms with Gasteiger partial charge >= 0.3 is 11.9 Å². The fourth-order valence-corrected chi connectivity index (χ4v) is 7.01. The zero-order chi connectivity index (χ0) is 38.1. The molecule has 7 heteroatoms. The lowest BCUT2D eigenvalue weighted by atomic mass is 9.94. The van der Waals surface area contributed by atoms with Gasteiger partial charge in [-0.05, 0) is 37.7 Å². The summed E-state index contributed by atoms with van der Waals surface area (Å²) < 4.78 is 11.7. The van der Waals surface area contributed by atoms with Crippen LogP contribution < -0.4 is 5.73 Å². The molecule has 300 valence electrons. The van der Waals surface area contributed by atoms with Gasteiger partial charge < -0.3 is 20.1 Å². The summed E-state index contributed by atoms with van der Waals surface area (Å²) >= 11 is 0. The highest BCUT2D eigenvalue weighted by molar-refractivity contribution is 5.82. The molecule has 0 aliphatic rings. The molecule has 1 rings (SSSR count). The summed E-state index contributed by atoms with van der Waals surface area (Å²) in [6, 6.07) is 9.02. The number of rotatable bonds is 35. The lowest BCUT2D eigenvalue weighted by Crippen LogP contribution is -2.47. The summed E-state index contributed by atoms with van der Waals surface area (Å²) in [5.41, 5.74) is 7.45. The molecule has 3 atom stereocenters. The average Bonchev–Trinajstić information content (AvgIpc) is 3.15. The van der Waals surface area contributed by atoms with E-state index in [1.54, 1.807) is 4.90 Å². The van der Waals surface area contributed by atoms with Crippen LogP contribution in [0.1, 0.15) is 187 Å². The Morgan fingerprint density at radius 2 is 0.885 bits per heavy atom. The maximum absolute atomic E-state index is 13.7. The van der Waals surface area contributed by atoms with Gasteiger partial charge in [-0.3, -0.25) is 14.4 Å². The lowest BCUT2D eigenvalue weighted by Gasteiger charge is -2.26. The Kier molecular flexibility index (Phi) is 30.4. The number of nitrogens with two attached hydrogens (primary N) is 1. The van der Waals surface area contributed by atoms with Crippen molar-refractivity contribution in [3.8, 4) is 0 Å². The van der Waals surface area contributed by atoms with Gasteiger partial charge in [0.2, 0.25) is 5.91 Å². The van der Waals surface area contributed by atoms with E-state index in [1.807, 2.05) is 30.3 Å². The van der Waals surface area contributed by atoms with Gasteiger partial charge in [0.15, 0.2) is 0 Å². The quantitative estimate of drug-likeness (QED) is 0.0552. The Bertz CT molecular complexity index is 953. The number of benzene rings is 1. The predicted octanol–water partition coefficient (Wildman–Crippen LogP) is 11.1. The van der Waals surface area contributed by atoms with Crippen molar-refractivity contribution in [1.82, 2.24) is 4.90 Å². The lowest BCUT2D eigenvalue weighted by molar-refractivity contribution is -0.152. The second-order valence-corrected chi connectivity index (χ2v) is 15.2. The first-order valence-electron chi connectivity index (χ1n) is 21.8. The number of hydrogen-bond acceptors (Lipinski definition) is 6. The normalized spacial score (nSPS) is 13.0. The fraction of sp³-hybridized carbons (Fsp3) is 0.800. The van der Waals surface area contributed by atoms with Crippen molar-refractivity contribution in [2.45, 2.75) is 194 Å². The number of hydrogen-bond donors (Lipinski definition) is 1. The SMILES string of the molecule is CCCCCCCCC(CCCCCC)C(=O)OCCN(CCOC(=O)C(CCCCCC)CCCCCCCC)C(=O)C(N)Cc1ccccc1. The summed E-state index contributed by atoms with van der Waals surface area (Å²) in [4.78, 5) is 42.0. The van der Waals surface area contributed by atoms with E-state index in [1.165, 1.54) is 64.2 Å². The summed E-state index contributed by atoms with van der Waals surface area (Å²) in [6.45, 7) is 9.52. The zero-order valence-electron chi connectivity index (χ0n) is 34.2. The number of unbranched alkanes of at least 4 members (excludes halogenated alkanes) is 16. The summed E-state index contributed by atoms with van der Waals surface area (Å²) in [5, 5.41) is 0. The van der Waals surface area contributed by atoms with Crippen LogP contribution >= 0.6 is 0 Å². The van der Waals surface area contributed by atoms with Crippen LogP contribution in [-0.2, 0) is 30.3 Å². The van der Waals surface area contributed by atoms with Crippen molar-refractivity contribution >= 4 is 17.8 Å². The minimum Gasteiger partial charge on any atom is -0.464 e. The third-order valence-electron chi connectivity index (χ3n) is 10.4. The van der Waals surface area contributed by atoms with Crippen molar-refractivity contribution in [3.63, 3.8) is 0 Å². The van der Waals surface area contributed by atoms with Crippen LogP contribution in [0, 0.1) is 11.8 Å². The molecule has 1 amide bonds. The first-order chi connectivity index (χ1) is 25.4. The van der Waals surface area contributed by atoms with Crippen LogP contribution in [0.3, 0.4) is 0 Å². The molecule has 0 saturated carbocycles. The highest BCUT2D eigenvalue weighted by atomic mass is 16.5. The van der Waals surface area contributed by atoms with Crippen LogP contribution in [0.15, 0.2) is 30.3 Å². The standard InChI is InChI=1S/C45H80N2O5/c1-5-9-13-17-19-26-32-40(30-24-15-11-7-3)44(49)51-36-34-47(43(48)42(46)38-39-28-22-21-23-29-39)35-37-52-45(50)41(31-25-16-12-8-4)33-27-20-18-14-10-6-2/h21-23,28-29,40-42H,5-20,24-27,30-38,46H2,1-4H3. The van der Waals surface area contributed by atoms with Gasteiger partial charge in [-0.1, -0.05) is 186 Å². The Balaban J connectivity index is 2.86. The van der Waals surface area contributed by atoms with E-state index in [2.05, 4.69) is 27.7 Å². The van der Waals surface area contributed by atoms with Gasteiger partial charge in [0.25, 0.3) is 0 Å². The van der Waals surface area contributed by atoms with Crippen molar-refractivity contribution in [2.75, 3.05) is 26.3 Å². The Morgan fingerprint density at radius 1 is 0.538 bits per heavy atom. The van der Waals surface area contributed by atoms with Gasteiger partial charge in [0.05, 0.1) is 31.0 Å². The number of amides is 1. The van der Waals surface area contributed by atoms with Crippen LogP contribution in [0.2, 0.25) is 0 Å². The molecule has 0 aromatic heterocycles. The van der Waals surface area contributed by atoms with E-state index in [0.717, 1.165) is 95.5 Å². The van der Waals surface area contributed by atoms with Gasteiger partial charge in [-0.2, -0.15) is 0 Å². The molecule has 0 fully saturated rings. The molecule has 0 heterocycles. The molecule has 3 unspecified atom stereocenters. The van der Waals surface area contributed by atoms with E-state index in [4.69, 9.17) is 15.2 Å². The molecular weight excluding hydrogens is 649 g/mol. The van der Waals surface area contributed by atoms with E-state index in [9.17, 15) is 14.4 Å². The average molecular weight is 729 g/mol. The molecule has 2 N–H and O–H groups in total. The van der Waals surface area contributed by atoms with Gasteiger partial charge in [0, 0.05) is 0 Å². The smallest absolute Gasteiger partial charge is 0.308 e. The highest BCUT2D eigenvalue weighted by Gasteiger charge is 2.25. The third-order valence-corrected chi connectivity index (χ3v) is 10.4. The largest absolute Gasteiger partial charge is 0.464 e. The number of esters is 2. The predicted molar refractivity (Wildman–Crippen MR) is 217 cm³/mol. The number of carbonyl (C=O) groups excluding carboxylic acids is 3. The minimum atomic E-state index is -0.744. The van der Waals surface area contributed by atoms with E-state index >= 15 is 0 Å². The van der Waals surface area contributed by atoms with Crippen molar-refractivity contribution in [1.29, 1.82) is 0 Å². The number of carbonyl (C=O) groups is 3. The van der Waals surface area contributed by atoms with Crippen molar-refractivity contribution in [3.05, 3.63) is 35.9 Å². The van der Waals surface area contributed by atoms with Crippen molar-refractivity contribution < 1.29 is 23.9 Å². The molecule has 7 nitrogen and oxygen atoms in total. The Morgan fingerprint density at radius 3 is 1.27 bits per heavy atom. The molecule has 1 aromatic rings. The fourth-order valence-electron chi connectivity index (χ4n) is 7.01. The molecule has 0 aliphatic carbocycles. The maximum Gasteiger partial charge on any atom is 0.308 e. The molecule has 0 radical (unpaired) electrons. The molecule has 0 saturated heterocycles. The van der Waals surface area contributed by atoms with Crippen LogP contribution in [0.4, 0.5) is 0 Å². The second kappa shape index (κ2) is 33.2. The maximum atomic E-state index is 13.7. The first-order valence-corrected chi connectivity index (χ1v) is 21.8. The molecular formula is C45H80N2O5. The number of nitrogens with zero attached hydrogens (tertiary/aromatic N) is 1. The van der Waals surface area contributed by atoms with Crippen LogP contribution in [-0.4, -0.2) is 55.1 Å². The third kappa shape index (κ3) is 24.0. The van der Waals surface area contributed by atoms with Crippen LogP contribution in [0.5, 0.6) is 0 Å². The topological polar surface area (TPSA) is 98.9 Å². The Hall–Kier alpha value is -2.41. The number of ether oxygens (including phenoxy) is 2. The zero-order valence-corrected chi connectivity index (χ0v) is 34.2. The molecule has 0 aliphatic heterocycles. The van der Waals surface area contributed by atoms with E-state index < -0.39 is 6.04 Å². The summed E-state index contributed by atoms with van der Waals surface area (Å²) in [6.07, 6.45) is 27.2. The second-order valence-electron chi connectivity index (χ2n) is 15.2. The molecule has 1 aromatic carbocycles. The van der Waals surface area contributed by atoms with Gasteiger partial charge in [-0.15, -0.1) is 0 Å².